The van der Waals surface area contributed by atoms with E-state index in [4.69, 9.17) is 0 Å². The van der Waals surface area contributed by atoms with Crippen molar-refractivity contribution in [2.24, 2.45) is 0 Å². The van der Waals surface area contributed by atoms with Gasteiger partial charge in [0.1, 0.15) is 5.82 Å². The van der Waals surface area contributed by atoms with Crippen LogP contribution in [0.2, 0.25) is 0 Å². The molecule has 1 saturated heterocycles. The molecule has 2 aromatic rings. The van der Waals surface area contributed by atoms with E-state index >= 15 is 0 Å². The van der Waals surface area contributed by atoms with Crippen molar-refractivity contribution in [2.75, 3.05) is 38.0 Å². The van der Waals surface area contributed by atoms with Crippen molar-refractivity contribution in [2.45, 2.75) is 11.8 Å². The van der Waals surface area contributed by atoms with Crippen LogP contribution in [0.1, 0.15) is 5.56 Å². The summed E-state index contributed by atoms with van der Waals surface area (Å²) in [5, 5.41) is 2.71. The molecule has 0 radical (unpaired) electrons. The molecule has 1 N–H and O–H groups in total. The van der Waals surface area contributed by atoms with Gasteiger partial charge in [-0.1, -0.05) is 17.7 Å². The summed E-state index contributed by atoms with van der Waals surface area (Å²) in [6.45, 7) is 3.69. The predicted octanol–water partition coefficient (Wildman–Crippen LogP) is 2.08. The summed E-state index contributed by atoms with van der Waals surface area (Å²) in [6.07, 6.45) is 0. The zero-order valence-corrected chi connectivity index (χ0v) is 15.9. The standard InChI is InChI=1S/C19H22FN3O3S/c1-15-2-8-18(9-3-15)27(25,26)23-12-10-22(11-13-23)14-19(24)21-17-6-4-16(20)5-7-17/h2-9H,10-14H2,1H3,(H,21,24). The highest BCUT2D eigenvalue weighted by Crippen LogP contribution is 2.18. The van der Waals surface area contributed by atoms with Gasteiger partial charge in [0.25, 0.3) is 0 Å². The normalized spacial score (nSPS) is 16.2. The highest BCUT2D eigenvalue weighted by atomic mass is 32.2. The van der Waals surface area contributed by atoms with Crippen LogP contribution in [0.4, 0.5) is 10.1 Å². The van der Waals surface area contributed by atoms with Crippen molar-refractivity contribution in [1.29, 1.82) is 0 Å². The molecule has 3 rings (SSSR count). The lowest BCUT2D eigenvalue weighted by Crippen LogP contribution is -2.50. The van der Waals surface area contributed by atoms with Crippen LogP contribution in [0.3, 0.4) is 0 Å². The van der Waals surface area contributed by atoms with Crippen molar-refractivity contribution in [3.8, 4) is 0 Å². The minimum Gasteiger partial charge on any atom is -0.325 e. The smallest absolute Gasteiger partial charge is 0.243 e. The number of rotatable bonds is 5. The van der Waals surface area contributed by atoms with Gasteiger partial charge in [-0.2, -0.15) is 4.31 Å². The van der Waals surface area contributed by atoms with Gasteiger partial charge in [0.15, 0.2) is 0 Å². The Morgan fingerprint density at radius 2 is 1.59 bits per heavy atom. The summed E-state index contributed by atoms with van der Waals surface area (Å²) in [5.74, 6) is -0.574. The van der Waals surface area contributed by atoms with E-state index in [9.17, 15) is 17.6 Å². The van der Waals surface area contributed by atoms with Gasteiger partial charge in [0, 0.05) is 31.9 Å². The minimum absolute atomic E-state index is 0.162. The van der Waals surface area contributed by atoms with E-state index in [1.807, 2.05) is 11.8 Å². The average molecular weight is 391 g/mol. The summed E-state index contributed by atoms with van der Waals surface area (Å²) in [6, 6.07) is 12.4. The quantitative estimate of drug-likeness (QED) is 0.847. The fourth-order valence-corrected chi connectivity index (χ4v) is 4.35. The monoisotopic (exact) mass is 391 g/mol. The molecular formula is C19H22FN3O3S. The molecule has 1 amide bonds. The summed E-state index contributed by atoms with van der Waals surface area (Å²) in [5.41, 5.74) is 1.54. The van der Waals surface area contributed by atoms with Gasteiger partial charge in [-0.3, -0.25) is 9.69 Å². The van der Waals surface area contributed by atoms with Crippen LogP contribution in [-0.2, 0) is 14.8 Å². The van der Waals surface area contributed by atoms with Crippen molar-refractivity contribution in [3.05, 3.63) is 59.9 Å². The van der Waals surface area contributed by atoms with Crippen LogP contribution < -0.4 is 5.32 Å². The lowest BCUT2D eigenvalue weighted by molar-refractivity contribution is -0.117. The number of benzene rings is 2. The molecule has 0 aliphatic carbocycles. The Labute approximate surface area is 158 Å². The first kappa shape index (κ1) is 19.5. The van der Waals surface area contributed by atoms with Crippen LogP contribution in [0, 0.1) is 12.7 Å². The zero-order valence-electron chi connectivity index (χ0n) is 15.1. The number of hydrogen-bond acceptors (Lipinski definition) is 4. The van der Waals surface area contributed by atoms with Crippen LogP contribution in [0.15, 0.2) is 53.4 Å². The van der Waals surface area contributed by atoms with Crippen LogP contribution in [0.5, 0.6) is 0 Å². The zero-order chi connectivity index (χ0) is 19.4. The Balaban J connectivity index is 1.53. The molecule has 0 atom stereocenters. The van der Waals surface area contributed by atoms with Crippen molar-refractivity contribution in [3.63, 3.8) is 0 Å². The number of halogens is 1. The lowest BCUT2D eigenvalue weighted by Gasteiger charge is -2.33. The minimum atomic E-state index is -3.51. The molecule has 8 heteroatoms. The van der Waals surface area contributed by atoms with E-state index in [-0.39, 0.29) is 23.2 Å². The van der Waals surface area contributed by atoms with Crippen molar-refractivity contribution in [1.82, 2.24) is 9.21 Å². The fraction of sp³-hybridized carbons (Fsp3) is 0.316. The number of carbonyl (C=O) groups excluding carboxylic acids is 1. The molecule has 0 saturated carbocycles. The average Bonchev–Trinajstić information content (AvgIpc) is 2.64. The first-order valence-electron chi connectivity index (χ1n) is 8.69. The summed E-state index contributed by atoms with van der Waals surface area (Å²) >= 11 is 0. The molecule has 1 aliphatic rings. The van der Waals surface area contributed by atoms with Gasteiger partial charge < -0.3 is 5.32 Å². The van der Waals surface area contributed by atoms with E-state index < -0.39 is 10.0 Å². The fourth-order valence-electron chi connectivity index (χ4n) is 2.92. The Morgan fingerprint density at radius 3 is 2.19 bits per heavy atom. The van der Waals surface area contributed by atoms with E-state index in [0.717, 1.165) is 5.56 Å². The first-order chi connectivity index (χ1) is 12.8. The van der Waals surface area contributed by atoms with Gasteiger partial charge in [-0.25, -0.2) is 12.8 Å². The van der Waals surface area contributed by atoms with Gasteiger partial charge in [-0.15, -0.1) is 0 Å². The van der Waals surface area contributed by atoms with Crippen LogP contribution in [0.25, 0.3) is 0 Å². The van der Waals surface area contributed by atoms with E-state index in [2.05, 4.69) is 5.32 Å². The number of amides is 1. The molecule has 0 bridgehead atoms. The molecule has 1 heterocycles. The van der Waals surface area contributed by atoms with Gasteiger partial charge in [0.2, 0.25) is 15.9 Å². The number of aryl methyl sites for hydroxylation is 1. The van der Waals surface area contributed by atoms with Crippen molar-refractivity contribution < 1.29 is 17.6 Å². The maximum atomic E-state index is 12.9. The Morgan fingerprint density at radius 1 is 1.00 bits per heavy atom. The maximum Gasteiger partial charge on any atom is 0.243 e. The van der Waals surface area contributed by atoms with Crippen LogP contribution in [-0.4, -0.2) is 56.3 Å². The topological polar surface area (TPSA) is 69.7 Å². The molecule has 0 aromatic heterocycles. The molecular weight excluding hydrogens is 369 g/mol. The number of piperazine rings is 1. The van der Waals surface area contributed by atoms with Gasteiger partial charge in [0.05, 0.1) is 11.4 Å². The molecule has 0 unspecified atom stereocenters. The number of carbonyl (C=O) groups is 1. The maximum absolute atomic E-state index is 12.9. The second-order valence-corrected chi connectivity index (χ2v) is 8.49. The summed E-state index contributed by atoms with van der Waals surface area (Å²) in [7, 11) is -3.51. The number of anilines is 1. The highest BCUT2D eigenvalue weighted by molar-refractivity contribution is 7.89. The second kappa shape index (κ2) is 8.16. The number of sulfonamides is 1. The molecule has 2 aromatic carbocycles. The van der Waals surface area contributed by atoms with E-state index in [1.165, 1.54) is 28.6 Å². The lowest BCUT2D eigenvalue weighted by atomic mass is 10.2. The Kier molecular flexibility index (Phi) is 5.88. The number of nitrogens with zero attached hydrogens (tertiary/aromatic N) is 2. The van der Waals surface area contributed by atoms with E-state index in [1.54, 1.807) is 24.3 Å². The van der Waals surface area contributed by atoms with Gasteiger partial charge >= 0.3 is 0 Å². The highest BCUT2D eigenvalue weighted by Gasteiger charge is 2.28. The van der Waals surface area contributed by atoms with Gasteiger partial charge in [-0.05, 0) is 43.3 Å². The summed E-state index contributed by atoms with van der Waals surface area (Å²) in [4.78, 5) is 14.3. The first-order valence-corrected chi connectivity index (χ1v) is 10.1. The third-order valence-corrected chi connectivity index (χ3v) is 6.40. The van der Waals surface area contributed by atoms with Crippen molar-refractivity contribution >= 4 is 21.6 Å². The second-order valence-electron chi connectivity index (χ2n) is 6.55. The predicted molar refractivity (Wildman–Crippen MR) is 101 cm³/mol. The Hall–Kier alpha value is -2.29. The molecule has 1 fully saturated rings. The molecule has 1 aliphatic heterocycles. The third-order valence-electron chi connectivity index (χ3n) is 4.49. The molecule has 27 heavy (non-hydrogen) atoms. The Bertz CT molecular complexity index is 891. The van der Waals surface area contributed by atoms with E-state index in [0.29, 0.717) is 31.9 Å². The number of hydrogen-bond donors (Lipinski definition) is 1. The molecule has 6 nitrogen and oxygen atoms in total. The number of nitrogens with one attached hydrogen (secondary N) is 1. The van der Waals surface area contributed by atoms with Crippen LogP contribution >= 0.6 is 0 Å². The molecule has 0 spiro atoms. The largest absolute Gasteiger partial charge is 0.325 e. The third kappa shape index (κ3) is 4.91. The molecule has 144 valence electrons. The summed E-state index contributed by atoms with van der Waals surface area (Å²) < 4.78 is 39.7. The SMILES string of the molecule is Cc1ccc(S(=O)(=O)N2CCN(CC(=O)Nc3ccc(F)cc3)CC2)cc1.